The van der Waals surface area contributed by atoms with E-state index in [1.807, 2.05) is 0 Å². The van der Waals surface area contributed by atoms with Crippen LogP contribution in [0.4, 0.5) is 0 Å². The van der Waals surface area contributed by atoms with Crippen LogP contribution in [0.3, 0.4) is 0 Å². The van der Waals surface area contributed by atoms with Crippen molar-refractivity contribution in [1.29, 1.82) is 0 Å². The van der Waals surface area contributed by atoms with E-state index in [0.717, 1.165) is 78.4 Å². The molecule has 0 bridgehead atoms. The van der Waals surface area contributed by atoms with E-state index < -0.39 is 4.33 Å². The van der Waals surface area contributed by atoms with Crippen molar-refractivity contribution >= 4 is 23.2 Å². The third-order valence-electron chi connectivity index (χ3n) is 5.71. The summed E-state index contributed by atoms with van der Waals surface area (Å²) >= 11 is 13.7. The van der Waals surface area contributed by atoms with Crippen molar-refractivity contribution in [3.8, 4) is 0 Å². The van der Waals surface area contributed by atoms with E-state index in [9.17, 15) is 0 Å². The van der Waals surface area contributed by atoms with Crippen LogP contribution in [0.15, 0.2) is 0 Å². The zero-order valence-corrected chi connectivity index (χ0v) is 18.4. The fourth-order valence-electron chi connectivity index (χ4n) is 4.12. The predicted molar refractivity (Wildman–Crippen MR) is 109 cm³/mol. The summed E-state index contributed by atoms with van der Waals surface area (Å²) < 4.78 is 21.0. The van der Waals surface area contributed by atoms with E-state index in [-0.39, 0.29) is 0 Å². The van der Waals surface area contributed by atoms with Gasteiger partial charge in [-0.15, -0.1) is 23.2 Å². The second-order valence-electron chi connectivity index (χ2n) is 8.95. The average Bonchev–Trinajstić information content (AvgIpc) is 3.40. The van der Waals surface area contributed by atoms with Gasteiger partial charge in [0.2, 0.25) is 0 Å². The molecule has 0 amide bonds. The summed E-state index contributed by atoms with van der Waals surface area (Å²) in [6.45, 7) is 11.1. The SMILES string of the molecule is CCCC(CN(CC1CO1)CC1CO1)CC(Cl)(Cl)CN(CC1CO1)CC1CO1. The lowest BCUT2D eigenvalue weighted by Crippen LogP contribution is -2.42. The predicted octanol–water partition coefficient (Wildman–Crippen LogP) is 2.17. The molecule has 0 spiro atoms. The smallest absolute Gasteiger partial charge is 0.131 e. The Hall–Kier alpha value is 0.340. The first-order chi connectivity index (χ1) is 13.5. The molecular weight excluding hydrogens is 403 g/mol. The van der Waals surface area contributed by atoms with Crippen LogP contribution in [0, 0.1) is 5.92 Å². The number of epoxide rings is 4. The molecule has 28 heavy (non-hydrogen) atoms. The summed E-state index contributed by atoms with van der Waals surface area (Å²) in [5, 5.41) is 0. The fraction of sp³-hybridized carbons (Fsp3) is 1.00. The van der Waals surface area contributed by atoms with Crippen LogP contribution in [-0.4, -0.2) is 104 Å². The summed E-state index contributed by atoms with van der Waals surface area (Å²) in [6, 6.07) is 0. The van der Waals surface area contributed by atoms with Crippen LogP contribution in [0.5, 0.6) is 0 Å². The van der Waals surface area contributed by atoms with E-state index in [1.54, 1.807) is 0 Å². The molecule has 0 N–H and O–H groups in total. The molecule has 4 aliphatic heterocycles. The molecule has 0 aromatic rings. The minimum absolute atomic E-state index is 0.335. The summed E-state index contributed by atoms with van der Waals surface area (Å²) in [5.74, 6) is 0.466. The molecule has 4 aliphatic rings. The van der Waals surface area contributed by atoms with Gasteiger partial charge in [0, 0.05) is 39.3 Å². The zero-order valence-electron chi connectivity index (χ0n) is 16.9. The zero-order chi connectivity index (χ0) is 19.6. The second-order valence-corrected chi connectivity index (χ2v) is 10.6. The number of hydrogen-bond acceptors (Lipinski definition) is 6. The Balaban J connectivity index is 1.29. The Kier molecular flexibility index (Phi) is 7.43. The van der Waals surface area contributed by atoms with Crippen LogP contribution in [-0.2, 0) is 18.9 Å². The molecule has 4 heterocycles. The van der Waals surface area contributed by atoms with Gasteiger partial charge in [0.15, 0.2) is 0 Å². The van der Waals surface area contributed by atoms with Crippen LogP contribution in [0.2, 0.25) is 0 Å². The molecule has 5 unspecified atom stereocenters. The number of halogens is 2. The molecular formula is C20H34Cl2N2O4. The quantitative estimate of drug-likeness (QED) is 0.273. The van der Waals surface area contributed by atoms with E-state index in [0.29, 0.717) is 36.9 Å². The van der Waals surface area contributed by atoms with Gasteiger partial charge in [-0.05, 0) is 18.8 Å². The van der Waals surface area contributed by atoms with Crippen molar-refractivity contribution in [2.24, 2.45) is 5.92 Å². The van der Waals surface area contributed by atoms with Gasteiger partial charge in [0.25, 0.3) is 0 Å². The summed E-state index contributed by atoms with van der Waals surface area (Å²) in [4.78, 5) is 4.82. The van der Waals surface area contributed by atoms with Crippen LogP contribution >= 0.6 is 23.2 Å². The van der Waals surface area contributed by atoms with Gasteiger partial charge < -0.3 is 18.9 Å². The summed E-state index contributed by atoms with van der Waals surface area (Å²) in [6.07, 6.45) is 4.52. The molecule has 6 nitrogen and oxygen atoms in total. The van der Waals surface area contributed by atoms with Crippen molar-refractivity contribution in [2.45, 2.75) is 54.9 Å². The Morgan fingerprint density at radius 1 is 0.821 bits per heavy atom. The maximum Gasteiger partial charge on any atom is 0.131 e. The lowest BCUT2D eigenvalue weighted by atomic mass is 9.96. The number of alkyl halides is 2. The van der Waals surface area contributed by atoms with Crippen molar-refractivity contribution in [1.82, 2.24) is 9.80 Å². The van der Waals surface area contributed by atoms with E-state index in [4.69, 9.17) is 42.1 Å². The highest BCUT2D eigenvalue weighted by molar-refractivity contribution is 6.48. The van der Waals surface area contributed by atoms with Gasteiger partial charge in [-0.2, -0.15) is 0 Å². The van der Waals surface area contributed by atoms with Gasteiger partial charge in [0.05, 0.1) is 50.8 Å². The third-order valence-corrected chi connectivity index (χ3v) is 6.26. The standard InChI is InChI=1S/C20H34Cl2N2O4/c1-2-3-15(5-23(6-16-10-25-16)7-17-11-26-17)4-20(21,22)14-24(8-18-12-27-18)9-19-13-28-19/h15-19H,2-14H2,1H3. The minimum atomic E-state index is -0.762. The Morgan fingerprint density at radius 2 is 1.25 bits per heavy atom. The highest BCUT2D eigenvalue weighted by Crippen LogP contribution is 2.34. The van der Waals surface area contributed by atoms with Crippen molar-refractivity contribution < 1.29 is 18.9 Å². The number of nitrogens with zero attached hydrogens (tertiary/aromatic N) is 2. The molecule has 4 saturated heterocycles. The Labute approximate surface area is 178 Å². The Morgan fingerprint density at radius 3 is 1.64 bits per heavy atom. The maximum atomic E-state index is 6.86. The number of rotatable bonds is 16. The molecule has 4 rings (SSSR count). The van der Waals surface area contributed by atoms with Crippen LogP contribution in [0.25, 0.3) is 0 Å². The highest BCUT2D eigenvalue weighted by atomic mass is 35.5. The average molecular weight is 437 g/mol. The molecule has 8 heteroatoms. The van der Waals surface area contributed by atoms with E-state index in [1.165, 1.54) is 0 Å². The fourth-order valence-corrected chi connectivity index (χ4v) is 4.89. The first-order valence-corrected chi connectivity index (χ1v) is 11.5. The van der Waals surface area contributed by atoms with Crippen LogP contribution < -0.4 is 0 Å². The first kappa shape index (κ1) is 21.6. The van der Waals surface area contributed by atoms with Crippen molar-refractivity contribution in [3.63, 3.8) is 0 Å². The highest BCUT2D eigenvalue weighted by Gasteiger charge is 2.38. The minimum Gasteiger partial charge on any atom is -0.372 e. The number of hydrogen-bond donors (Lipinski definition) is 0. The molecule has 0 aliphatic carbocycles. The van der Waals surface area contributed by atoms with Gasteiger partial charge in [-0.25, -0.2) is 0 Å². The first-order valence-electron chi connectivity index (χ1n) is 10.8. The second kappa shape index (κ2) is 9.65. The molecule has 0 aromatic carbocycles. The largest absolute Gasteiger partial charge is 0.372 e. The lowest BCUT2D eigenvalue weighted by molar-refractivity contribution is 0.170. The van der Waals surface area contributed by atoms with Gasteiger partial charge in [-0.1, -0.05) is 13.3 Å². The third kappa shape index (κ3) is 8.23. The van der Waals surface area contributed by atoms with E-state index >= 15 is 0 Å². The van der Waals surface area contributed by atoms with Gasteiger partial charge >= 0.3 is 0 Å². The van der Waals surface area contributed by atoms with E-state index in [2.05, 4.69) is 16.7 Å². The van der Waals surface area contributed by atoms with Crippen molar-refractivity contribution in [2.75, 3.05) is 65.7 Å². The summed E-state index contributed by atoms with van der Waals surface area (Å²) in [7, 11) is 0. The summed E-state index contributed by atoms with van der Waals surface area (Å²) in [5.41, 5.74) is 0. The number of ether oxygens (including phenoxy) is 4. The molecule has 0 aromatic heterocycles. The van der Waals surface area contributed by atoms with Crippen LogP contribution in [0.1, 0.15) is 26.2 Å². The van der Waals surface area contributed by atoms with Gasteiger partial charge in [0.1, 0.15) is 4.33 Å². The van der Waals surface area contributed by atoms with Crippen molar-refractivity contribution in [3.05, 3.63) is 0 Å². The topological polar surface area (TPSA) is 56.6 Å². The van der Waals surface area contributed by atoms with Gasteiger partial charge in [-0.3, -0.25) is 9.80 Å². The lowest BCUT2D eigenvalue weighted by Gasteiger charge is -2.33. The molecule has 0 radical (unpaired) electrons. The molecule has 0 saturated carbocycles. The molecule has 4 fully saturated rings. The Bertz CT molecular complexity index is 469. The molecule has 5 atom stereocenters. The molecule has 162 valence electrons. The maximum absolute atomic E-state index is 6.86. The normalized spacial score (nSPS) is 32.0. The monoisotopic (exact) mass is 436 g/mol.